The van der Waals surface area contributed by atoms with Crippen molar-refractivity contribution in [1.82, 2.24) is 0 Å². The standard InChI is InChI=1S/C16H17NO2/c1-12-7-8-15(14(11-12)16(18)19)17-10-9-13-5-3-2-4-6-13/h2-8,11,17H,9-10H2,1H3,(H,18,19). The topological polar surface area (TPSA) is 49.3 Å². The number of carboxylic acids is 1. The van der Waals surface area contributed by atoms with Gasteiger partial charge in [0.1, 0.15) is 0 Å². The summed E-state index contributed by atoms with van der Waals surface area (Å²) in [5, 5.41) is 12.4. The molecule has 2 aromatic rings. The third kappa shape index (κ3) is 3.58. The Labute approximate surface area is 112 Å². The van der Waals surface area contributed by atoms with Crippen LogP contribution < -0.4 is 5.32 Å². The Bertz CT molecular complexity index is 564. The molecule has 98 valence electrons. The molecule has 0 fully saturated rings. The fourth-order valence-electron chi connectivity index (χ4n) is 1.98. The molecule has 0 bridgehead atoms. The monoisotopic (exact) mass is 255 g/mol. The van der Waals surface area contributed by atoms with Crippen molar-refractivity contribution in [3.63, 3.8) is 0 Å². The second-order valence-corrected chi connectivity index (χ2v) is 4.52. The molecule has 0 unspecified atom stereocenters. The Morgan fingerprint density at radius 2 is 1.89 bits per heavy atom. The highest BCUT2D eigenvalue weighted by Gasteiger charge is 2.09. The highest BCUT2D eigenvalue weighted by molar-refractivity contribution is 5.94. The Morgan fingerprint density at radius 3 is 2.58 bits per heavy atom. The summed E-state index contributed by atoms with van der Waals surface area (Å²) < 4.78 is 0. The lowest BCUT2D eigenvalue weighted by molar-refractivity contribution is 0.0698. The predicted molar refractivity (Wildman–Crippen MR) is 76.8 cm³/mol. The van der Waals surface area contributed by atoms with Crippen molar-refractivity contribution in [2.75, 3.05) is 11.9 Å². The van der Waals surface area contributed by atoms with Crippen LogP contribution in [0.25, 0.3) is 0 Å². The molecule has 0 radical (unpaired) electrons. The smallest absolute Gasteiger partial charge is 0.337 e. The lowest BCUT2D eigenvalue weighted by atomic mass is 10.1. The fourth-order valence-corrected chi connectivity index (χ4v) is 1.98. The van der Waals surface area contributed by atoms with E-state index in [1.165, 1.54) is 5.56 Å². The van der Waals surface area contributed by atoms with Crippen LogP contribution in [0.4, 0.5) is 5.69 Å². The third-order valence-corrected chi connectivity index (χ3v) is 2.98. The highest BCUT2D eigenvalue weighted by atomic mass is 16.4. The number of carbonyl (C=O) groups is 1. The Morgan fingerprint density at radius 1 is 1.16 bits per heavy atom. The molecular formula is C16H17NO2. The molecule has 0 aliphatic rings. The summed E-state index contributed by atoms with van der Waals surface area (Å²) >= 11 is 0. The molecule has 0 heterocycles. The number of nitrogens with one attached hydrogen (secondary N) is 1. The Kier molecular flexibility index (Phi) is 4.18. The minimum atomic E-state index is -0.897. The van der Waals surface area contributed by atoms with E-state index in [0.29, 0.717) is 17.8 Å². The average Bonchev–Trinajstić information content (AvgIpc) is 2.41. The van der Waals surface area contributed by atoms with Gasteiger partial charge in [-0.2, -0.15) is 0 Å². The number of benzene rings is 2. The Hall–Kier alpha value is -2.29. The number of aryl methyl sites for hydroxylation is 1. The van der Waals surface area contributed by atoms with Crippen molar-refractivity contribution >= 4 is 11.7 Å². The number of aromatic carboxylic acids is 1. The largest absolute Gasteiger partial charge is 0.478 e. The molecule has 0 saturated carbocycles. The summed E-state index contributed by atoms with van der Waals surface area (Å²) in [6.07, 6.45) is 0.869. The first-order valence-electron chi connectivity index (χ1n) is 6.28. The molecule has 3 heteroatoms. The highest BCUT2D eigenvalue weighted by Crippen LogP contribution is 2.17. The van der Waals surface area contributed by atoms with Crippen LogP contribution in [-0.2, 0) is 6.42 Å². The quantitative estimate of drug-likeness (QED) is 0.861. The zero-order valence-corrected chi connectivity index (χ0v) is 10.9. The third-order valence-electron chi connectivity index (χ3n) is 2.98. The van der Waals surface area contributed by atoms with Gasteiger partial charge in [0.25, 0.3) is 0 Å². The van der Waals surface area contributed by atoms with Crippen LogP contribution >= 0.6 is 0 Å². The van der Waals surface area contributed by atoms with Gasteiger partial charge in [-0.1, -0.05) is 42.0 Å². The molecule has 0 aliphatic heterocycles. The summed E-state index contributed by atoms with van der Waals surface area (Å²) in [7, 11) is 0. The molecule has 3 nitrogen and oxygen atoms in total. The van der Waals surface area contributed by atoms with Crippen molar-refractivity contribution in [2.45, 2.75) is 13.3 Å². The van der Waals surface area contributed by atoms with E-state index < -0.39 is 5.97 Å². The van der Waals surface area contributed by atoms with Crippen molar-refractivity contribution in [3.05, 3.63) is 65.2 Å². The van der Waals surface area contributed by atoms with Gasteiger partial charge in [-0.15, -0.1) is 0 Å². The van der Waals surface area contributed by atoms with Crippen LogP contribution in [-0.4, -0.2) is 17.6 Å². The van der Waals surface area contributed by atoms with Gasteiger partial charge < -0.3 is 10.4 Å². The van der Waals surface area contributed by atoms with Gasteiger partial charge in [0.2, 0.25) is 0 Å². The summed E-state index contributed by atoms with van der Waals surface area (Å²) in [4.78, 5) is 11.2. The molecule has 0 aliphatic carbocycles. The van der Waals surface area contributed by atoms with E-state index >= 15 is 0 Å². The lowest BCUT2D eigenvalue weighted by Crippen LogP contribution is -2.09. The molecular weight excluding hydrogens is 238 g/mol. The first-order chi connectivity index (χ1) is 9.16. The second-order valence-electron chi connectivity index (χ2n) is 4.52. The van der Waals surface area contributed by atoms with Crippen LogP contribution in [0.15, 0.2) is 48.5 Å². The van der Waals surface area contributed by atoms with E-state index in [9.17, 15) is 4.79 Å². The van der Waals surface area contributed by atoms with Crippen LogP contribution in [0.2, 0.25) is 0 Å². The number of carboxylic acid groups (broad SMARTS) is 1. The summed E-state index contributed by atoms with van der Waals surface area (Å²) in [5.41, 5.74) is 3.19. The molecule has 19 heavy (non-hydrogen) atoms. The van der Waals surface area contributed by atoms with Gasteiger partial charge in [0.15, 0.2) is 0 Å². The number of hydrogen-bond donors (Lipinski definition) is 2. The number of anilines is 1. The summed E-state index contributed by atoms with van der Waals surface area (Å²) in [5.74, 6) is -0.897. The van der Waals surface area contributed by atoms with Gasteiger partial charge in [-0.05, 0) is 31.0 Å². The van der Waals surface area contributed by atoms with Crippen LogP contribution in [0.1, 0.15) is 21.5 Å². The van der Waals surface area contributed by atoms with Crippen molar-refractivity contribution in [1.29, 1.82) is 0 Å². The van der Waals surface area contributed by atoms with Crippen molar-refractivity contribution < 1.29 is 9.90 Å². The van der Waals surface area contributed by atoms with E-state index in [1.807, 2.05) is 37.3 Å². The van der Waals surface area contributed by atoms with Gasteiger partial charge in [0, 0.05) is 12.2 Å². The first kappa shape index (κ1) is 13.1. The predicted octanol–water partition coefficient (Wildman–Crippen LogP) is 3.35. The molecule has 0 amide bonds. The molecule has 0 spiro atoms. The minimum Gasteiger partial charge on any atom is -0.478 e. The van der Waals surface area contributed by atoms with Crippen LogP contribution in [0.5, 0.6) is 0 Å². The number of rotatable bonds is 5. The summed E-state index contributed by atoms with van der Waals surface area (Å²) in [6, 6.07) is 15.5. The van der Waals surface area contributed by atoms with E-state index in [-0.39, 0.29) is 0 Å². The summed E-state index contributed by atoms with van der Waals surface area (Å²) in [6.45, 7) is 2.60. The van der Waals surface area contributed by atoms with E-state index in [2.05, 4.69) is 17.4 Å². The zero-order valence-electron chi connectivity index (χ0n) is 10.9. The molecule has 0 atom stereocenters. The molecule has 2 rings (SSSR count). The SMILES string of the molecule is Cc1ccc(NCCc2ccccc2)c(C(=O)O)c1. The van der Waals surface area contributed by atoms with E-state index in [1.54, 1.807) is 6.07 Å². The van der Waals surface area contributed by atoms with E-state index in [4.69, 9.17) is 5.11 Å². The number of hydrogen-bond acceptors (Lipinski definition) is 2. The minimum absolute atomic E-state index is 0.327. The molecule has 2 aromatic carbocycles. The average molecular weight is 255 g/mol. The van der Waals surface area contributed by atoms with Crippen LogP contribution in [0, 0.1) is 6.92 Å². The molecule has 0 saturated heterocycles. The van der Waals surface area contributed by atoms with Gasteiger partial charge >= 0.3 is 5.97 Å². The maximum absolute atomic E-state index is 11.2. The molecule has 0 aromatic heterocycles. The molecule has 2 N–H and O–H groups in total. The van der Waals surface area contributed by atoms with Crippen molar-refractivity contribution in [3.8, 4) is 0 Å². The maximum atomic E-state index is 11.2. The fraction of sp³-hybridized carbons (Fsp3) is 0.188. The maximum Gasteiger partial charge on any atom is 0.337 e. The first-order valence-corrected chi connectivity index (χ1v) is 6.28. The Balaban J connectivity index is 2.02. The van der Waals surface area contributed by atoms with Gasteiger partial charge in [-0.3, -0.25) is 0 Å². The van der Waals surface area contributed by atoms with Crippen LogP contribution in [0.3, 0.4) is 0 Å². The van der Waals surface area contributed by atoms with Gasteiger partial charge in [-0.25, -0.2) is 4.79 Å². The zero-order chi connectivity index (χ0) is 13.7. The van der Waals surface area contributed by atoms with Gasteiger partial charge in [0.05, 0.1) is 5.56 Å². The lowest BCUT2D eigenvalue weighted by Gasteiger charge is -2.10. The second kappa shape index (κ2) is 6.05. The van der Waals surface area contributed by atoms with E-state index in [0.717, 1.165) is 12.0 Å². The van der Waals surface area contributed by atoms with Crippen molar-refractivity contribution in [2.24, 2.45) is 0 Å². The normalized spacial score (nSPS) is 10.2.